The number of carbonyl (C=O) groups is 2. The maximum absolute atomic E-state index is 12.5. The average Bonchev–Trinajstić information content (AvgIpc) is 2.48. The van der Waals surface area contributed by atoms with E-state index in [9.17, 15) is 9.59 Å². The fourth-order valence-corrected chi connectivity index (χ4v) is 2.70. The Morgan fingerprint density at radius 2 is 2.00 bits per heavy atom. The molecule has 0 aromatic heterocycles. The summed E-state index contributed by atoms with van der Waals surface area (Å²) in [4.78, 5) is 23.3. The van der Waals surface area contributed by atoms with Gasteiger partial charge in [0.25, 0.3) is 0 Å². The Morgan fingerprint density at radius 1 is 1.32 bits per heavy atom. The number of nitrogens with two attached hydrogens (primary N) is 1. The van der Waals surface area contributed by atoms with E-state index in [0.717, 1.165) is 24.9 Å². The van der Waals surface area contributed by atoms with E-state index in [-0.39, 0.29) is 17.4 Å². The summed E-state index contributed by atoms with van der Waals surface area (Å²) in [5, 5.41) is 8.87. The molecule has 3 amide bonds. The molecule has 22 heavy (non-hydrogen) atoms. The fourth-order valence-electron chi connectivity index (χ4n) is 2.70. The first-order valence-corrected chi connectivity index (χ1v) is 7.59. The average molecular weight is 304 g/mol. The normalized spacial score (nSPS) is 22.6. The maximum atomic E-state index is 12.5. The summed E-state index contributed by atoms with van der Waals surface area (Å²) in [6, 6.07) is 6.61. The van der Waals surface area contributed by atoms with Crippen molar-refractivity contribution in [3.63, 3.8) is 0 Å². The van der Waals surface area contributed by atoms with Crippen molar-refractivity contribution >= 4 is 17.6 Å². The molecule has 1 aliphatic heterocycles. The Balaban J connectivity index is 1.97. The molecule has 1 heterocycles. The van der Waals surface area contributed by atoms with Crippen LogP contribution in [0.1, 0.15) is 38.3 Å². The number of anilines is 1. The van der Waals surface area contributed by atoms with Crippen molar-refractivity contribution < 1.29 is 9.59 Å². The highest BCUT2D eigenvalue weighted by Crippen LogP contribution is 2.27. The van der Waals surface area contributed by atoms with Crippen LogP contribution in [-0.4, -0.2) is 25.0 Å². The first kappa shape index (κ1) is 16.3. The van der Waals surface area contributed by atoms with Crippen LogP contribution >= 0.6 is 0 Å². The summed E-state index contributed by atoms with van der Waals surface area (Å²) in [6.07, 6.45) is 1.92. The number of hydrogen-bond donors (Lipinski definition) is 4. The van der Waals surface area contributed by atoms with Gasteiger partial charge in [-0.25, -0.2) is 4.79 Å². The summed E-state index contributed by atoms with van der Waals surface area (Å²) in [6.45, 7) is 5.65. The van der Waals surface area contributed by atoms with E-state index < -0.39 is 6.03 Å². The monoisotopic (exact) mass is 304 g/mol. The minimum atomic E-state index is -0.591. The largest absolute Gasteiger partial charge is 0.351 e. The van der Waals surface area contributed by atoms with Gasteiger partial charge in [0.15, 0.2) is 0 Å². The van der Waals surface area contributed by atoms with Gasteiger partial charge in [-0.3, -0.25) is 4.79 Å². The first-order valence-electron chi connectivity index (χ1n) is 7.59. The highest BCUT2D eigenvalue weighted by atomic mass is 16.2. The van der Waals surface area contributed by atoms with Gasteiger partial charge in [0.2, 0.25) is 5.91 Å². The second kappa shape index (κ2) is 6.79. The number of nitrogens with one attached hydrogen (secondary N) is 3. The molecule has 1 fully saturated rings. The van der Waals surface area contributed by atoms with Crippen molar-refractivity contribution in [3.05, 3.63) is 29.8 Å². The lowest BCUT2D eigenvalue weighted by molar-refractivity contribution is -0.131. The molecule has 120 valence electrons. The molecule has 6 heteroatoms. The Kier molecular flexibility index (Phi) is 5.03. The van der Waals surface area contributed by atoms with Crippen molar-refractivity contribution in [3.8, 4) is 0 Å². The van der Waals surface area contributed by atoms with Gasteiger partial charge < -0.3 is 21.7 Å². The number of rotatable bonds is 4. The van der Waals surface area contributed by atoms with Crippen LogP contribution in [0.4, 0.5) is 10.5 Å². The van der Waals surface area contributed by atoms with Gasteiger partial charge in [-0.1, -0.05) is 12.1 Å². The minimum absolute atomic E-state index is 0.0755. The van der Waals surface area contributed by atoms with Gasteiger partial charge in [0, 0.05) is 12.2 Å². The van der Waals surface area contributed by atoms with Crippen LogP contribution in [0, 0.1) is 5.41 Å². The molecule has 0 spiro atoms. The van der Waals surface area contributed by atoms with E-state index in [0.29, 0.717) is 12.2 Å². The molecule has 0 aliphatic carbocycles. The third-order valence-electron chi connectivity index (χ3n) is 4.17. The first-order chi connectivity index (χ1) is 10.4. The quantitative estimate of drug-likeness (QED) is 0.682. The molecule has 1 aromatic rings. The van der Waals surface area contributed by atoms with Crippen molar-refractivity contribution in [2.45, 2.75) is 32.7 Å². The number of benzene rings is 1. The second-order valence-corrected chi connectivity index (χ2v) is 6.15. The van der Waals surface area contributed by atoms with Gasteiger partial charge in [-0.2, -0.15) is 0 Å². The zero-order valence-electron chi connectivity index (χ0n) is 13.1. The van der Waals surface area contributed by atoms with E-state index in [1.54, 1.807) is 12.1 Å². The molecule has 0 radical (unpaired) electrons. The predicted octanol–water partition coefficient (Wildman–Crippen LogP) is 1.74. The zero-order valence-corrected chi connectivity index (χ0v) is 13.1. The summed E-state index contributed by atoms with van der Waals surface area (Å²) in [7, 11) is 0. The van der Waals surface area contributed by atoms with Gasteiger partial charge in [0.05, 0.1) is 11.5 Å². The number of amides is 3. The number of primary amides is 1. The molecular weight excluding hydrogens is 280 g/mol. The number of urea groups is 1. The van der Waals surface area contributed by atoms with Crippen molar-refractivity contribution in [1.29, 1.82) is 0 Å². The molecular formula is C16H24N4O2. The van der Waals surface area contributed by atoms with Gasteiger partial charge >= 0.3 is 6.03 Å². The van der Waals surface area contributed by atoms with E-state index >= 15 is 0 Å². The SMILES string of the molecule is CC(NC(=O)C1(C)CCCNC1)c1ccc(NC(N)=O)cc1. The van der Waals surface area contributed by atoms with E-state index in [1.165, 1.54) is 0 Å². The van der Waals surface area contributed by atoms with E-state index in [2.05, 4.69) is 16.0 Å². The molecule has 1 saturated heterocycles. The molecule has 6 nitrogen and oxygen atoms in total. The van der Waals surface area contributed by atoms with E-state index in [1.807, 2.05) is 26.0 Å². The topological polar surface area (TPSA) is 96.2 Å². The van der Waals surface area contributed by atoms with Crippen LogP contribution in [0.2, 0.25) is 0 Å². The molecule has 2 atom stereocenters. The van der Waals surface area contributed by atoms with Crippen LogP contribution < -0.4 is 21.7 Å². The van der Waals surface area contributed by atoms with Gasteiger partial charge in [-0.05, 0) is 50.9 Å². The highest BCUT2D eigenvalue weighted by Gasteiger charge is 2.35. The lowest BCUT2D eigenvalue weighted by atomic mass is 9.81. The fraction of sp³-hybridized carbons (Fsp3) is 0.500. The highest BCUT2D eigenvalue weighted by molar-refractivity contribution is 5.87. The molecule has 0 bridgehead atoms. The summed E-state index contributed by atoms with van der Waals surface area (Å²) in [5.41, 5.74) is 6.34. The maximum Gasteiger partial charge on any atom is 0.316 e. The zero-order chi connectivity index (χ0) is 16.2. The Morgan fingerprint density at radius 3 is 2.55 bits per heavy atom. The second-order valence-electron chi connectivity index (χ2n) is 6.15. The molecule has 2 unspecified atom stereocenters. The summed E-state index contributed by atoms with van der Waals surface area (Å²) < 4.78 is 0. The van der Waals surface area contributed by atoms with Crippen LogP contribution in [0.25, 0.3) is 0 Å². The summed E-state index contributed by atoms with van der Waals surface area (Å²) in [5.74, 6) is 0.0755. The lowest BCUT2D eigenvalue weighted by Crippen LogP contribution is -2.49. The predicted molar refractivity (Wildman–Crippen MR) is 86.4 cm³/mol. The number of piperidine rings is 1. The molecule has 0 saturated carbocycles. The molecule has 2 rings (SSSR count). The van der Waals surface area contributed by atoms with Crippen LogP contribution in [0.5, 0.6) is 0 Å². The molecule has 1 aromatic carbocycles. The Hall–Kier alpha value is -2.08. The van der Waals surface area contributed by atoms with Gasteiger partial charge in [-0.15, -0.1) is 0 Å². The lowest BCUT2D eigenvalue weighted by Gasteiger charge is -2.33. The van der Waals surface area contributed by atoms with Crippen LogP contribution in [0.15, 0.2) is 24.3 Å². The number of carbonyl (C=O) groups excluding carboxylic acids is 2. The van der Waals surface area contributed by atoms with Crippen molar-refractivity contribution in [2.75, 3.05) is 18.4 Å². The molecule has 5 N–H and O–H groups in total. The third-order valence-corrected chi connectivity index (χ3v) is 4.17. The molecule has 1 aliphatic rings. The van der Waals surface area contributed by atoms with Crippen molar-refractivity contribution in [1.82, 2.24) is 10.6 Å². The minimum Gasteiger partial charge on any atom is -0.351 e. The number of hydrogen-bond acceptors (Lipinski definition) is 3. The summed E-state index contributed by atoms with van der Waals surface area (Å²) >= 11 is 0. The van der Waals surface area contributed by atoms with Crippen LogP contribution in [0.3, 0.4) is 0 Å². The van der Waals surface area contributed by atoms with Crippen molar-refractivity contribution in [2.24, 2.45) is 11.1 Å². The third kappa shape index (κ3) is 3.98. The van der Waals surface area contributed by atoms with E-state index in [4.69, 9.17) is 5.73 Å². The van der Waals surface area contributed by atoms with Gasteiger partial charge in [0.1, 0.15) is 0 Å². The Bertz CT molecular complexity index is 536. The standard InChI is InChI=1S/C16H24N4O2/c1-11(12-4-6-13(7-5-12)20-15(17)22)19-14(21)16(2)8-3-9-18-10-16/h4-7,11,18H,3,8-10H2,1-2H3,(H,19,21)(H3,17,20,22). The smallest absolute Gasteiger partial charge is 0.316 e. The van der Waals surface area contributed by atoms with Crippen LogP contribution in [-0.2, 0) is 4.79 Å². The Labute approximate surface area is 130 Å².